The van der Waals surface area contributed by atoms with Crippen LogP contribution in [0.3, 0.4) is 0 Å². The zero-order chi connectivity index (χ0) is 12.3. The average Bonchev–Trinajstić information content (AvgIpc) is 2.26. The molecular formula is C8H11ClN4O3. The van der Waals surface area contributed by atoms with Gasteiger partial charge in [0.1, 0.15) is 6.33 Å². The second kappa shape index (κ2) is 5.04. The highest BCUT2D eigenvalue weighted by atomic mass is 35.5. The van der Waals surface area contributed by atoms with Crippen LogP contribution in [0.25, 0.3) is 0 Å². The molecule has 8 heteroatoms. The van der Waals surface area contributed by atoms with Crippen molar-refractivity contribution in [1.82, 2.24) is 9.97 Å². The van der Waals surface area contributed by atoms with Gasteiger partial charge in [0, 0.05) is 7.05 Å². The third-order valence-electron chi connectivity index (χ3n) is 2.20. The topological polar surface area (TPSA) is 92.4 Å². The Labute approximate surface area is 96.8 Å². The summed E-state index contributed by atoms with van der Waals surface area (Å²) in [5, 5.41) is 19.6. The van der Waals surface area contributed by atoms with E-state index < -0.39 is 4.92 Å². The van der Waals surface area contributed by atoms with E-state index in [9.17, 15) is 10.1 Å². The second-order valence-electron chi connectivity index (χ2n) is 3.24. The number of anilines is 1. The summed E-state index contributed by atoms with van der Waals surface area (Å²) in [7, 11) is 1.59. The first-order chi connectivity index (χ1) is 7.49. The first kappa shape index (κ1) is 12.6. The van der Waals surface area contributed by atoms with Gasteiger partial charge in [-0.15, -0.1) is 0 Å². The van der Waals surface area contributed by atoms with Gasteiger partial charge in [0.05, 0.1) is 17.6 Å². The van der Waals surface area contributed by atoms with Gasteiger partial charge in [-0.25, -0.2) is 9.97 Å². The molecule has 1 rings (SSSR count). The zero-order valence-electron chi connectivity index (χ0n) is 8.79. The largest absolute Gasteiger partial charge is 0.394 e. The minimum Gasteiger partial charge on any atom is -0.394 e. The van der Waals surface area contributed by atoms with E-state index in [-0.39, 0.29) is 29.3 Å². The van der Waals surface area contributed by atoms with E-state index in [1.165, 1.54) is 4.90 Å². The molecule has 1 atom stereocenters. The van der Waals surface area contributed by atoms with Crippen molar-refractivity contribution in [1.29, 1.82) is 0 Å². The normalized spacial score (nSPS) is 12.2. The summed E-state index contributed by atoms with van der Waals surface area (Å²) < 4.78 is 0. The Morgan fingerprint density at radius 1 is 1.69 bits per heavy atom. The number of hydrogen-bond acceptors (Lipinski definition) is 6. The van der Waals surface area contributed by atoms with Crippen LogP contribution in [-0.2, 0) is 0 Å². The molecule has 16 heavy (non-hydrogen) atoms. The van der Waals surface area contributed by atoms with Gasteiger partial charge in [0.2, 0.25) is 11.0 Å². The van der Waals surface area contributed by atoms with Crippen LogP contribution < -0.4 is 4.90 Å². The number of aromatic nitrogens is 2. The predicted octanol–water partition coefficient (Wildman–Crippen LogP) is 0.855. The summed E-state index contributed by atoms with van der Waals surface area (Å²) in [5.74, 6) is 0.0894. The van der Waals surface area contributed by atoms with Crippen LogP contribution in [0.1, 0.15) is 6.92 Å². The molecule has 0 saturated carbocycles. The van der Waals surface area contributed by atoms with Crippen molar-refractivity contribution in [2.75, 3.05) is 18.6 Å². The molecule has 0 spiro atoms. The minimum absolute atomic E-state index is 0.0894. The van der Waals surface area contributed by atoms with Gasteiger partial charge in [-0.2, -0.15) is 0 Å². The molecule has 0 bridgehead atoms. The van der Waals surface area contributed by atoms with Crippen LogP contribution in [0.5, 0.6) is 0 Å². The Kier molecular flexibility index (Phi) is 3.97. The van der Waals surface area contributed by atoms with E-state index in [1.54, 1.807) is 14.0 Å². The molecule has 0 aliphatic rings. The molecule has 0 radical (unpaired) electrons. The van der Waals surface area contributed by atoms with Gasteiger partial charge in [0.25, 0.3) is 0 Å². The van der Waals surface area contributed by atoms with E-state index in [1.807, 2.05) is 0 Å². The van der Waals surface area contributed by atoms with E-state index in [0.717, 1.165) is 6.33 Å². The maximum atomic E-state index is 10.8. The number of nitrogens with zero attached hydrogens (tertiary/aromatic N) is 4. The van der Waals surface area contributed by atoms with Crippen molar-refractivity contribution >= 4 is 23.1 Å². The molecule has 7 nitrogen and oxygen atoms in total. The van der Waals surface area contributed by atoms with Gasteiger partial charge in [-0.1, -0.05) is 11.6 Å². The Morgan fingerprint density at radius 3 is 2.81 bits per heavy atom. The van der Waals surface area contributed by atoms with E-state index >= 15 is 0 Å². The van der Waals surface area contributed by atoms with Crippen LogP contribution in [-0.4, -0.2) is 39.7 Å². The van der Waals surface area contributed by atoms with Crippen LogP contribution in [0.4, 0.5) is 11.5 Å². The smallest absolute Gasteiger partial charge is 0.348 e. The maximum absolute atomic E-state index is 10.8. The summed E-state index contributed by atoms with van der Waals surface area (Å²) in [4.78, 5) is 19.0. The average molecular weight is 247 g/mol. The fraction of sp³-hybridized carbons (Fsp3) is 0.500. The lowest BCUT2D eigenvalue weighted by molar-refractivity contribution is -0.384. The van der Waals surface area contributed by atoms with Gasteiger partial charge in [-0.3, -0.25) is 10.1 Å². The minimum atomic E-state index is -0.641. The number of nitro groups is 1. The number of hydrogen-bond donors (Lipinski definition) is 1. The predicted molar refractivity (Wildman–Crippen MR) is 58.6 cm³/mol. The molecule has 0 aliphatic heterocycles. The van der Waals surface area contributed by atoms with Gasteiger partial charge in [-0.05, 0) is 6.92 Å². The van der Waals surface area contributed by atoms with Crippen molar-refractivity contribution in [2.45, 2.75) is 13.0 Å². The SMILES string of the molecule is CC(CO)N(C)c1ncnc(Cl)c1[N+](=O)[O-]. The Morgan fingerprint density at radius 2 is 2.31 bits per heavy atom. The van der Waals surface area contributed by atoms with Crippen LogP contribution in [0.2, 0.25) is 5.15 Å². The standard InChI is InChI=1S/C8H11ClN4O3/c1-5(3-14)12(2)8-6(13(15)16)7(9)10-4-11-8/h4-5,14H,3H2,1-2H3. The second-order valence-corrected chi connectivity index (χ2v) is 3.59. The van der Waals surface area contributed by atoms with Crippen molar-refractivity contribution in [3.63, 3.8) is 0 Å². The highest BCUT2D eigenvalue weighted by Crippen LogP contribution is 2.31. The molecule has 1 aromatic rings. The number of rotatable bonds is 4. The molecule has 0 saturated heterocycles. The molecule has 1 unspecified atom stereocenters. The fourth-order valence-electron chi connectivity index (χ4n) is 1.10. The summed E-state index contributed by atoms with van der Waals surface area (Å²) in [6.45, 7) is 1.56. The molecule has 1 N–H and O–H groups in total. The lowest BCUT2D eigenvalue weighted by Gasteiger charge is -2.23. The van der Waals surface area contributed by atoms with Gasteiger partial charge < -0.3 is 10.0 Å². The van der Waals surface area contributed by atoms with Crippen LogP contribution in [0.15, 0.2) is 6.33 Å². The lowest BCUT2D eigenvalue weighted by Crippen LogP contribution is -2.33. The molecule has 0 fully saturated rings. The first-order valence-electron chi connectivity index (χ1n) is 4.47. The molecule has 1 aromatic heterocycles. The van der Waals surface area contributed by atoms with E-state index in [0.29, 0.717) is 0 Å². The van der Waals surface area contributed by atoms with Crippen LogP contribution >= 0.6 is 11.6 Å². The number of aliphatic hydroxyl groups excluding tert-OH is 1. The molecule has 0 aliphatic carbocycles. The lowest BCUT2D eigenvalue weighted by atomic mass is 10.3. The summed E-state index contributed by atoms with van der Waals surface area (Å²) >= 11 is 5.63. The van der Waals surface area contributed by atoms with E-state index in [4.69, 9.17) is 16.7 Å². The van der Waals surface area contributed by atoms with Crippen molar-refractivity contribution in [3.05, 3.63) is 21.6 Å². The summed E-state index contributed by atoms with van der Waals surface area (Å²) in [5.41, 5.74) is -0.355. The number of aliphatic hydroxyl groups is 1. The molecular weight excluding hydrogens is 236 g/mol. The summed E-state index contributed by atoms with van der Waals surface area (Å²) in [6.07, 6.45) is 1.14. The van der Waals surface area contributed by atoms with Gasteiger partial charge >= 0.3 is 5.69 Å². The van der Waals surface area contributed by atoms with Crippen molar-refractivity contribution in [2.24, 2.45) is 0 Å². The Bertz CT molecular complexity index is 401. The van der Waals surface area contributed by atoms with Crippen molar-refractivity contribution in [3.8, 4) is 0 Å². The Balaban J connectivity index is 3.22. The third-order valence-corrected chi connectivity index (χ3v) is 2.48. The maximum Gasteiger partial charge on any atom is 0.348 e. The monoisotopic (exact) mass is 246 g/mol. The van der Waals surface area contributed by atoms with Gasteiger partial charge in [0.15, 0.2) is 0 Å². The van der Waals surface area contributed by atoms with E-state index in [2.05, 4.69) is 9.97 Å². The number of likely N-dealkylation sites (N-methyl/N-ethyl adjacent to an activating group) is 1. The summed E-state index contributed by atoms with van der Waals surface area (Å²) in [6, 6.07) is -0.301. The van der Waals surface area contributed by atoms with Crippen molar-refractivity contribution < 1.29 is 10.0 Å². The molecule has 0 amide bonds. The first-order valence-corrected chi connectivity index (χ1v) is 4.85. The Hall–Kier alpha value is -1.47. The highest BCUT2D eigenvalue weighted by molar-refractivity contribution is 6.31. The number of halogens is 1. The highest BCUT2D eigenvalue weighted by Gasteiger charge is 2.26. The van der Waals surface area contributed by atoms with Crippen LogP contribution in [0, 0.1) is 10.1 Å². The third kappa shape index (κ3) is 2.37. The fourth-order valence-corrected chi connectivity index (χ4v) is 1.29. The molecule has 0 aromatic carbocycles. The quantitative estimate of drug-likeness (QED) is 0.481. The molecule has 1 heterocycles. The zero-order valence-corrected chi connectivity index (χ0v) is 9.55. The molecule has 88 valence electrons.